The van der Waals surface area contributed by atoms with Gasteiger partial charge < -0.3 is 19.5 Å². The Morgan fingerprint density at radius 2 is 1.79 bits per heavy atom. The summed E-state index contributed by atoms with van der Waals surface area (Å²) in [4.78, 5) is 28.5. The number of carbonyl (C=O) groups is 2. The fourth-order valence-corrected chi connectivity index (χ4v) is 2.88. The standard InChI is InChI=1S/C21H19ClN2O5/c1-27-17-8-7-14(10-18(17)28-2)21(26)23-11-19(25)29-12-15-9-13-5-3-4-6-16(13)24-20(15)22/h3-10H,11-12H2,1-2H3,(H,23,26). The van der Waals surface area contributed by atoms with Crippen LogP contribution in [0.25, 0.3) is 10.9 Å². The van der Waals surface area contributed by atoms with Crippen LogP contribution in [-0.2, 0) is 16.1 Å². The number of benzene rings is 2. The van der Waals surface area contributed by atoms with E-state index in [0.29, 0.717) is 22.6 Å². The third-order valence-corrected chi connectivity index (χ3v) is 4.51. The maximum atomic E-state index is 12.2. The Morgan fingerprint density at radius 3 is 2.55 bits per heavy atom. The average molecular weight is 415 g/mol. The molecular weight excluding hydrogens is 396 g/mol. The van der Waals surface area contributed by atoms with Gasteiger partial charge in [-0.3, -0.25) is 9.59 Å². The van der Waals surface area contributed by atoms with Crippen molar-refractivity contribution in [2.24, 2.45) is 0 Å². The fraction of sp³-hybridized carbons (Fsp3) is 0.190. The number of amides is 1. The van der Waals surface area contributed by atoms with Gasteiger partial charge in [0.15, 0.2) is 11.5 Å². The largest absolute Gasteiger partial charge is 0.493 e. The van der Waals surface area contributed by atoms with Gasteiger partial charge in [-0.2, -0.15) is 0 Å². The zero-order valence-electron chi connectivity index (χ0n) is 15.9. The van der Waals surface area contributed by atoms with Gasteiger partial charge in [-0.05, 0) is 30.3 Å². The fourth-order valence-electron chi connectivity index (χ4n) is 2.68. The molecule has 0 radical (unpaired) electrons. The number of ether oxygens (including phenoxy) is 3. The van der Waals surface area contributed by atoms with E-state index in [0.717, 1.165) is 10.9 Å². The Kier molecular flexibility index (Phi) is 6.51. The molecule has 1 N–H and O–H groups in total. The maximum absolute atomic E-state index is 12.2. The number of esters is 1. The summed E-state index contributed by atoms with van der Waals surface area (Å²) in [5.41, 5.74) is 1.68. The van der Waals surface area contributed by atoms with Crippen LogP contribution in [-0.4, -0.2) is 37.6 Å². The van der Waals surface area contributed by atoms with Crippen LogP contribution in [0.2, 0.25) is 5.15 Å². The first-order valence-corrected chi connectivity index (χ1v) is 9.09. The summed E-state index contributed by atoms with van der Waals surface area (Å²) in [5, 5.41) is 3.67. The Labute approximate surface area is 172 Å². The van der Waals surface area contributed by atoms with E-state index in [1.165, 1.54) is 20.3 Å². The lowest BCUT2D eigenvalue weighted by Crippen LogP contribution is -2.30. The highest BCUT2D eigenvalue weighted by Gasteiger charge is 2.13. The summed E-state index contributed by atoms with van der Waals surface area (Å²) >= 11 is 6.15. The van der Waals surface area contributed by atoms with E-state index in [1.807, 2.05) is 30.3 Å². The van der Waals surface area contributed by atoms with E-state index >= 15 is 0 Å². The second kappa shape index (κ2) is 9.25. The zero-order chi connectivity index (χ0) is 20.8. The molecule has 7 nitrogen and oxygen atoms in total. The number of carbonyl (C=O) groups excluding carboxylic acids is 2. The molecule has 0 fully saturated rings. The molecule has 0 unspecified atom stereocenters. The number of methoxy groups -OCH3 is 2. The molecule has 0 saturated heterocycles. The smallest absolute Gasteiger partial charge is 0.325 e. The monoisotopic (exact) mass is 414 g/mol. The molecule has 3 rings (SSSR count). The number of para-hydroxylation sites is 1. The van der Waals surface area contributed by atoms with Crippen LogP contribution < -0.4 is 14.8 Å². The highest BCUT2D eigenvalue weighted by atomic mass is 35.5. The van der Waals surface area contributed by atoms with Crippen LogP contribution in [0.3, 0.4) is 0 Å². The molecule has 0 spiro atoms. The molecule has 1 aromatic heterocycles. The Bertz CT molecular complexity index is 1050. The minimum atomic E-state index is -0.594. The van der Waals surface area contributed by atoms with Crippen molar-refractivity contribution in [1.82, 2.24) is 10.3 Å². The quantitative estimate of drug-likeness (QED) is 0.471. The summed E-state index contributed by atoms with van der Waals surface area (Å²) in [7, 11) is 2.98. The van der Waals surface area contributed by atoms with Crippen molar-refractivity contribution in [2.75, 3.05) is 20.8 Å². The van der Waals surface area contributed by atoms with Crippen LogP contribution in [0.4, 0.5) is 0 Å². The molecule has 3 aromatic rings. The summed E-state index contributed by atoms with van der Waals surface area (Å²) in [6.45, 7) is -0.326. The van der Waals surface area contributed by atoms with Gasteiger partial charge in [0.2, 0.25) is 0 Å². The highest BCUT2D eigenvalue weighted by molar-refractivity contribution is 6.30. The van der Waals surface area contributed by atoms with Gasteiger partial charge in [-0.15, -0.1) is 0 Å². The minimum Gasteiger partial charge on any atom is -0.493 e. The molecule has 1 heterocycles. The number of hydrogen-bond acceptors (Lipinski definition) is 6. The second-order valence-electron chi connectivity index (χ2n) is 6.04. The molecule has 0 atom stereocenters. The van der Waals surface area contributed by atoms with Crippen molar-refractivity contribution < 1.29 is 23.8 Å². The Morgan fingerprint density at radius 1 is 1.03 bits per heavy atom. The Hall–Kier alpha value is -3.32. The van der Waals surface area contributed by atoms with Gasteiger partial charge in [-0.25, -0.2) is 4.98 Å². The number of rotatable bonds is 7. The first kappa shape index (κ1) is 20.4. The highest BCUT2D eigenvalue weighted by Crippen LogP contribution is 2.27. The van der Waals surface area contributed by atoms with Gasteiger partial charge in [0.25, 0.3) is 5.91 Å². The molecule has 0 aliphatic rings. The molecule has 1 amide bonds. The number of fused-ring (bicyclic) bond motifs is 1. The van der Waals surface area contributed by atoms with Crippen molar-refractivity contribution in [3.8, 4) is 11.5 Å². The van der Waals surface area contributed by atoms with Crippen molar-refractivity contribution in [3.05, 3.63) is 64.8 Å². The molecule has 2 aromatic carbocycles. The van der Waals surface area contributed by atoms with Gasteiger partial charge >= 0.3 is 5.97 Å². The van der Waals surface area contributed by atoms with Gasteiger partial charge in [0, 0.05) is 16.5 Å². The number of halogens is 1. The van der Waals surface area contributed by atoms with E-state index in [2.05, 4.69) is 10.3 Å². The third kappa shape index (κ3) is 4.94. The summed E-state index contributed by atoms with van der Waals surface area (Å²) < 4.78 is 15.5. The number of pyridine rings is 1. The molecule has 0 aliphatic carbocycles. The lowest BCUT2D eigenvalue weighted by Gasteiger charge is -2.10. The lowest BCUT2D eigenvalue weighted by atomic mass is 10.2. The molecule has 0 saturated carbocycles. The van der Waals surface area contributed by atoms with Crippen LogP contribution in [0.15, 0.2) is 48.5 Å². The number of aromatic nitrogens is 1. The van der Waals surface area contributed by atoms with Crippen molar-refractivity contribution in [1.29, 1.82) is 0 Å². The maximum Gasteiger partial charge on any atom is 0.325 e. The topological polar surface area (TPSA) is 86.8 Å². The molecule has 150 valence electrons. The van der Waals surface area contributed by atoms with Crippen LogP contribution in [0.5, 0.6) is 11.5 Å². The molecule has 8 heteroatoms. The van der Waals surface area contributed by atoms with Crippen molar-refractivity contribution >= 4 is 34.4 Å². The number of nitrogens with one attached hydrogen (secondary N) is 1. The van der Waals surface area contributed by atoms with Crippen molar-refractivity contribution in [3.63, 3.8) is 0 Å². The summed E-state index contributed by atoms with van der Waals surface area (Å²) in [6, 6.07) is 14.0. The molecule has 29 heavy (non-hydrogen) atoms. The van der Waals surface area contributed by atoms with E-state index in [4.69, 9.17) is 25.8 Å². The third-order valence-electron chi connectivity index (χ3n) is 4.18. The van der Waals surface area contributed by atoms with E-state index in [9.17, 15) is 9.59 Å². The average Bonchev–Trinajstić information content (AvgIpc) is 2.75. The van der Waals surface area contributed by atoms with E-state index in [-0.39, 0.29) is 18.3 Å². The predicted octanol–water partition coefficient (Wildman–Crippen LogP) is 3.38. The zero-order valence-corrected chi connectivity index (χ0v) is 16.7. The lowest BCUT2D eigenvalue weighted by molar-refractivity contribution is -0.143. The first-order valence-electron chi connectivity index (χ1n) is 8.72. The van der Waals surface area contributed by atoms with Gasteiger partial charge in [0.1, 0.15) is 18.3 Å². The predicted molar refractivity (Wildman–Crippen MR) is 108 cm³/mol. The minimum absolute atomic E-state index is 0.0400. The second-order valence-corrected chi connectivity index (χ2v) is 6.40. The van der Waals surface area contributed by atoms with Crippen LogP contribution in [0.1, 0.15) is 15.9 Å². The van der Waals surface area contributed by atoms with E-state index < -0.39 is 11.9 Å². The molecular formula is C21H19ClN2O5. The first-order chi connectivity index (χ1) is 14.0. The normalized spacial score (nSPS) is 10.4. The SMILES string of the molecule is COc1ccc(C(=O)NCC(=O)OCc2cc3ccccc3nc2Cl)cc1OC. The summed E-state index contributed by atoms with van der Waals surface area (Å²) in [5.74, 6) is -0.109. The number of nitrogens with zero attached hydrogens (tertiary/aromatic N) is 1. The van der Waals surface area contributed by atoms with E-state index in [1.54, 1.807) is 12.1 Å². The van der Waals surface area contributed by atoms with Crippen LogP contribution >= 0.6 is 11.6 Å². The number of hydrogen-bond donors (Lipinski definition) is 1. The van der Waals surface area contributed by atoms with Gasteiger partial charge in [-0.1, -0.05) is 29.8 Å². The van der Waals surface area contributed by atoms with Gasteiger partial charge in [0.05, 0.1) is 19.7 Å². The summed E-state index contributed by atoms with van der Waals surface area (Å²) in [6.07, 6.45) is 0. The van der Waals surface area contributed by atoms with Crippen molar-refractivity contribution in [2.45, 2.75) is 6.61 Å². The molecule has 0 bridgehead atoms. The van der Waals surface area contributed by atoms with Crippen LogP contribution in [0, 0.1) is 0 Å². The molecule has 0 aliphatic heterocycles. The Balaban J connectivity index is 1.56.